The maximum absolute atomic E-state index is 10.2. The molecular weight excluding hydrogens is 338 g/mol. The van der Waals surface area contributed by atoms with Gasteiger partial charge in [0.25, 0.3) is 0 Å². The number of aryl methyl sites for hydroxylation is 1. The van der Waals surface area contributed by atoms with Crippen molar-refractivity contribution in [3.8, 4) is 23.1 Å². The van der Waals surface area contributed by atoms with Gasteiger partial charge in [-0.3, -0.25) is 4.40 Å². The van der Waals surface area contributed by atoms with Gasteiger partial charge in [-0.05, 0) is 37.3 Å². The van der Waals surface area contributed by atoms with E-state index < -0.39 is 0 Å². The van der Waals surface area contributed by atoms with Crippen molar-refractivity contribution in [1.82, 2.24) is 9.38 Å². The van der Waals surface area contributed by atoms with Gasteiger partial charge in [-0.15, -0.1) is 10.2 Å². The second kappa shape index (κ2) is 6.73. The predicted octanol–water partition coefficient (Wildman–Crippen LogP) is 5.30. The minimum atomic E-state index is 0.0683. The van der Waals surface area contributed by atoms with Gasteiger partial charge in [-0.2, -0.15) is 5.26 Å². The van der Waals surface area contributed by atoms with E-state index in [9.17, 15) is 5.11 Å². The quantitative estimate of drug-likeness (QED) is 0.507. The summed E-state index contributed by atoms with van der Waals surface area (Å²) in [7, 11) is 0. The Balaban J connectivity index is 1.88. The van der Waals surface area contributed by atoms with Crippen LogP contribution in [-0.2, 0) is 0 Å². The highest BCUT2D eigenvalue weighted by molar-refractivity contribution is 5.76. The van der Waals surface area contributed by atoms with Crippen molar-refractivity contribution in [3.05, 3.63) is 78.0 Å². The van der Waals surface area contributed by atoms with Gasteiger partial charge in [0.1, 0.15) is 5.69 Å². The second-order valence-electron chi connectivity index (χ2n) is 6.10. The van der Waals surface area contributed by atoms with Crippen LogP contribution in [0.2, 0.25) is 0 Å². The third kappa shape index (κ3) is 3.14. The van der Waals surface area contributed by atoms with E-state index in [-0.39, 0.29) is 5.75 Å². The molecule has 0 aliphatic carbocycles. The van der Waals surface area contributed by atoms with Gasteiger partial charge >= 0.3 is 0 Å². The van der Waals surface area contributed by atoms with E-state index in [2.05, 4.69) is 21.3 Å². The summed E-state index contributed by atoms with van der Waals surface area (Å²) >= 11 is 0. The van der Waals surface area contributed by atoms with Crippen LogP contribution in [0.25, 0.3) is 16.9 Å². The topological polar surface area (TPSA) is 86.0 Å². The van der Waals surface area contributed by atoms with Crippen molar-refractivity contribution in [1.29, 1.82) is 5.26 Å². The average Bonchev–Trinajstić information content (AvgIpc) is 3.07. The van der Waals surface area contributed by atoms with E-state index in [1.807, 2.05) is 31.2 Å². The van der Waals surface area contributed by atoms with Crippen molar-refractivity contribution in [2.75, 3.05) is 0 Å². The molecule has 0 amide bonds. The van der Waals surface area contributed by atoms with Crippen LogP contribution >= 0.6 is 0 Å². The molecule has 0 atom stereocenters. The van der Waals surface area contributed by atoms with Crippen molar-refractivity contribution in [2.45, 2.75) is 6.92 Å². The lowest BCUT2D eigenvalue weighted by Crippen LogP contribution is -1.83. The largest absolute Gasteiger partial charge is 0.504 e. The zero-order chi connectivity index (χ0) is 18.8. The van der Waals surface area contributed by atoms with Gasteiger partial charge in [0.05, 0.1) is 17.3 Å². The summed E-state index contributed by atoms with van der Waals surface area (Å²) in [4.78, 5) is 4.56. The molecule has 0 saturated carbocycles. The number of hydrogen-bond acceptors (Lipinski definition) is 5. The highest BCUT2D eigenvalue weighted by Gasteiger charge is 2.16. The van der Waals surface area contributed by atoms with Gasteiger partial charge in [0.2, 0.25) is 0 Å². The van der Waals surface area contributed by atoms with Gasteiger partial charge < -0.3 is 5.11 Å². The number of aromatic hydroxyl groups is 1. The monoisotopic (exact) mass is 353 g/mol. The molecule has 0 aliphatic heterocycles. The van der Waals surface area contributed by atoms with Crippen molar-refractivity contribution < 1.29 is 5.11 Å². The van der Waals surface area contributed by atoms with Gasteiger partial charge in [-0.25, -0.2) is 4.98 Å². The highest BCUT2D eigenvalue weighted by Crippen LogP contribution is 2.34. The minimum Gasteiger partial charge on any atom is -0.504 e. The van der Waals surface area contributed by atoms with Crippen LogP contribution in [0, 0.1) is 18.3 Å². The molecule has 2 aromatic heterocycles. The van der Waals surface area contributed by atoms with E-state index in [1.54, 1.807) is 47.0 Å². The number of hydrogen-bond donors (Lipinski definition) is 1. The Hall–Kier alpha value is -3.98. The number of benzene rings is 2. The number of aromatic nitrogens is 2. The van der Waals surface area contributed by atoms with Crippen LogP contribution in [0.3, 0.4) is 0 Å². The molecule has 0 saturated heterocycles. The first-order chi connectivity index (χ1) is 13.2. The SMILES string of the molecule is Cc1ccc(-c2nc3c(O)cccn3c2N=Nc2cccc(C#N)c2)cc1. The number of imidazole rings is 1. The molecule has 0 aliphatic rings. The summed E-state index contributed by atoms with van der Waals surface area (Å²) in [5.41, 5.74) is 4.13. The van der Waals surface area contributed by atoms with E-state index in [4.69, 9.17) is 5.26 Å². The summed E-state index contributed by atoms with van der Waals surface area (Å²) in [6.07, 6.45) is 1.78. The fraction of sp³-hybridized carbons (Fsp3) is 0.0476. The van der Waals surface area contributed by atoms with E-state index in [1.165, 1.54) is 0 Å². The molecule has 4 rings (SSSR count). The molecule has 2 heterocycles. The maximum Gasteiger partial charge on any atom is 0.187 e. The molecule has 2 aromatic carbocycles. The molecule has 0 unspecified atom stereocenters. The molecule has 0 spiro atoms. The molecule has 1 N–H and O–H groups in total. The predicted molar refractivity (Wildman–Crippen MR) is 102 cm³/mol. The van der Waals surface area contributed by atoms with Crippen LogP contribution in [0.4, 0.5) is 11.5 Å². The lowest BCUT2D eigenvalue weighted by atomic mass is 10.1. The van der Waals surface area contributed by atoms with Crippen LogP contribution in [0.5, 0.6) is 5.75 Å². The van der Waals surface area contributed by atoms with Gasteiger partial charge in [-0.1, -0.05) is 35.9 Å². The van der Waals surface area contributed by atoms with Crippen LogP contribution < -0.4 is 0 Å². The normalized spacial score (nSPS) is 11.1. The lowest BCUT2D eigenvalue weighted by molar-refractivity contribution is 0.477. The first-order valence-electron chi connectivity index (χ1n) is 8.35. The molecule has 130 valence electrons. The summed E-state index contributed by atoms with van der Waals surface area (Å²) in [5, 5.41) is 27.9. The highest BCUT2D eigenvalue weighted by atomic mass is 16.3. The van der Waals surface area contributed by atoms with Gasteiger partial charge in [0.15, 0.2) is 17.2 Å². The number of nitrogens with zero attached hydrogens (tertiary/aromatic N) is 5. The molecule has 4 aromatic rings. The summed E-state index contributed by atoms with van der Waals surface area (Å²) in [6, 6.07) is 20.2. The Kier molecular flexibility index (Phi) is 4.11. The van der Waals surface area contributed by atoms with Crippen molar-refractivity contribution in [2.24, 2.45) is 10.2 Å². The Morgan fingerprint density at radius 1 is 1.04 bits per heavy atom. The fourth-order valence-electron chi connectivity index (χ4n) is 2.78. The Morgan fingerprint density at radius 2 is 1.85 bits per heavy atom. The third-order valence-electron chi connectivity index (χ3n) is 4.16. The minimum absolute atomic E-state index is 0.0683. The molecule has 6 nitrogen and oxygen atoms in total. The number of fused-ring (bicyclic) bond motifs is 1. The van der Waals surface area contributed by atoms with Crippen LogP contribution in [0.15, 0.2) is 77.1 Å². The molecule has 0 radical (unpaired) electrons. The fourth-order valence-corrected chi connectivity index (χ4v) is 2.78. The number of azo groups is 1. The Bertz CT molecular complexity index is 1200. The first kappa shape index (κ1) is 16.5. The van der Waals surface area contributed by atoms with E-state index in [0.717, 1.165) is 11.1 Å². The number of nitriles is 1. The summed E-state index contributed by atoms with van der Waals surface area (Å²) in [6.45, 7) is 2.02. The lowest BCUT2D eigenvalue weighted by Gasteiger charge is -2.01. The zero-order valence-corrected chi connectivity index (χ0v) is 14.5. The molecule has 0 bridgehead atoms. The van der Waals surface area contributed by atoms with E-state index >= 15 is 0 Å². The molecule has 6 heteroatoms. The summed E-state index contributed by atoms with van der Waals surface area (Å²) in [5.74, 6) is 0.575. The second-order valence-corrected chi connectivity index (χ2v) is 6.10. The smallest absolute Gasteiger partial charge is 0.187 e. The summed E-state index contributed by atoms with van der Waals surface area (Å²) < 4.78 is 1.70. The molecule has 0 fully saturated rings. The van der Waals surface area contributed by atoms with Crippen molar-refractivity contribution in [3.63, 3.8) is 0 Å². The van der Waals surface area contributed by atoms with Crippen LogP contribution in [0.1, 0.15) is 11.1 Å². The zero-order valence-electron chi connectivity index (χ0n) is 14.5. The van der Waals surface area contributed by atoms with Crippen LogP contribution in [-0.4, -0.2) is 14.5 Å². The third-order valence-corrected chi connectivity index (χ3v) is 4.16. The number of rotatable bonds is 3. The standard InChI is InChI=1S/C21H15N5O/c1-14-7-9-16(10-8-14)19-21(26-11-3-6-18(27)20(26)23-19)25-24-17-5-2-4-15(12-17)13-22/h2-12,27H,1H3. The number of pyridine rings is 1. The van der Waals surface area contributed by atoms with Gasteiger partial charge in [0, 0.05) is 11.8 Å². The Labute approximate surface area is 155 Å². The molecule has 27 heavy (non-hydrogen) atoms. The Morgan fingerprint density at radius 3 is 2.63 bits per heavy atom. The van der Waals surface area contributed by atoms with Crippen molar-refractivity contribution >= 4 is 17.2 Å². The molecular formula is C21H15N5O. The average molecular weight is 353 g/mol. The first-order valence-corrected chi connectivity index (χ1v) is 8.35. The maximum atomic E-state index is 10.2. The van der Waals surface area contributed by atoms with E-state index in [0.29, 0.717) is 28.4 Å².